The molecule has 0 fully saturated rings. The Morgan fingerprint density at radius 3 is 2.65 bits per heavy atom. The molecule has 2 nitrogen and oxygen atoms in total. The Morgan fingerprint density at radius 1 is 1.29 bits per heavy atom. The average Bonchev–Trinajstić information content (AvgIpc) is 2.28. The van der Waals surface area contributed by atoms with E-state index in [1.165, 1.54) is 11.1 Å². The van der Waals surface area contributed by atoms with E-state index in [-0.39, 0.29) is 0 Å². The van der Waals surface area contributed by atoms with Gasteiger partial charge in [0.1, 0.15) is 0 Å². The number of nitrogens with one attached hydrogen (secondary N) is 1. The first-order valence-electron chi connectivity index (χ1n) is 6.50. The molecule has 0 spiro atoms. The van der Waals surface area contributed by atoms with Crippen LogP contribution in [-0.4, -0.2) is 19.3 Å². The Bertz CT molecular complexity index is 322. The van der Waals surface area contributed by atoms with Crippen molar-refractivity contribution in [3.63, 3.8) is 0 Å². The summed E-state index contributed by atoms with van der Waals surface area (Å²) in [6, 6.07) is 9.06. The normalized spacial score (nSPS) is 13.0. The Kier molecular flexibility index (Phi) is 6.23. The summed E-state index contributed by atoms with van der Waals surface area (Å²) >= 11 is 0. The van der Waals surface area contributed by atoms with Crippen LogP contribution < -0.4 is 5.32 Å². The van der Waals surface area contributed by atoms with Gasteiger partial charge in [0.15, 0.2) is 0 Å². The van der Waals surface area contributed by atoms with Crippen molar-refractivity contribution < 1.29 is 4.74 Å². The van der Waals surface area contributed by atoms with Crippen LogP contribution in [0.5, 0.6) is 0 Å². The van der Waals surface area contributed by atoms with Crippen molar-refractivity contribution in [2.75, 3.05) is 13.2 Å². The third kappa shape index (κ3) is 5.33. The van der Waals surface area contributed by atoms with Gasteiger partial charge < -0.3 is 10.1 Å². The minimum Gasteiger partial charge on any atom is -0.380 e. The topological polar surface area (TPSA) is 21.3 Å². The number of hydrogen-bond acceptors (Lipinski definition) is 2. The van der Waals surface area contributed by atoms with Crippen LogP contribution in [-0.2, 0) is 11.3 Å². The van der Waals surface area contributed by atoms with Crippen molar-refractivity contribution in [2.45, 2.75) is 40.3 Å². The van der Waals surface area contributed by atoms with Crippen LogP contribution in [0.15, 0.2) is 24.3 Å². The molecule has 0 aliphatic rings. The highest BCUT2D eigenvalue weighted by Gasteiger charge is 2.12. The molecule has 1 aromatic carbocycles. The second-order valence-corrected chi connectivity index (χ2v) is 4.88. The van der Waals surface area contributed by atoms with E-state index in [0.717, 1.165) is 19.8 Å². The van der Waals surface area contributed by atoms with Crippen molar-refractivity contribution in [2.24, 2.45) is 5.92 Å². The van der Waals surface area contributed by atoms with Gasteiger partial charge in [-0.3, -0.25) is 0 Å². The quantitative estimate of drug-likeness (QED) is 0.784. The molecule has 0 heterocycles. The molecule has 0 aromatic heterocycles. The van der Waals surface area contributed by atoms with Gasteiger partial charge in [-0.05, 0) is 25.3 Å². The molecule has 17 heavy (non-hydrogen) atoms. The summed E-state index contributed by atoms with van der Waals surface area (Å²) in [5, 5.41) is 3.57. The molecule has 1 unspecified atom stereocenters. The predicted octanol–water partition coefficient (Wildman–Crippen LogP) is 3.15. The van der Waals surface area contributed by atoms with Gasteiger partial charge in [0.05, 0.1) is 6.61 Å². The summed E-state index contributed by atoms with van der Waals surface area (Å²) in [6.45, 7) is 11.1. The smallest absolute Gasteiger partial charge is 0.0622 e. The van der Waals surface area contributed by atoms with Crippen LogP contribution in [0.25, 0.3) is 0 Å². The molecule has 0 aliphatic heterocycles. The Labute approximate surface area is 105 Å². The first-order chi connectivity index (χ1) is 8.13. The maximum atomic E-state index is 5.51. The summed E-state index contributed by atoms with van der Waals surface area (Å²) in [7, 11) is 0. The van der Waals surface area contributed by atoms with E-state index in [2.05, 4.69) is 50.4 Å². The van der Waals surface area contributed by atoms with Gasteiger partial charge in [-0.2, -0.15) is 0 Å². The minimum absolute atomic E-state index is 0.426. The van der Waals surface area contributed by atoms with Crippen LogP contribution >= 0.6 is 0 Å². The highest BCUT2D eigenvalue weighted by molar-refractivity contribution is 5.22. The zero-order valence-electron chi connectivity index (χ0n) is 11.5. The van der Waals surface area contributed by atoms with E-state index < -0.39 is 0 Å². The second-order valence-electron chi connectivity index (χ2n) is 4.88. The highest BCUT2D eigenvalue weighted by Crippen LogP contribution is 2.07. The van der Waals surface area contributed by atoms with Crippen molar-refractivity contribution in [3.8, 4) is 0 Å². The van der Waals surface area contributed by atoms with Gasteiger partial charge >= 0.3 is 0 Å². The first kappa shape index (κ1) is 14.2. The lowest BCUT2D eigenvalue weighted by molar-refractivity contribution is 0.108. The molecular weight excluding hydrogens is 210 g/mol. The molecule has 96 valence electrons. The van der Waals surface area contributed by atoms with Crippen molar-refractivity contribution in [1.29, 1.82) is 0 Å². The average molecular weight is 235 g/mol. The van der Waals surface area contributed by atoms with Gasteiger partial charge in [-0.25, -0.2) is 0 Å². The molecule has 0 saturated heterocycles. The van der Waals surface area contributed by atoms with Gasteiger partial charge in [0, 0.05) is 19.2 Å². The molecule has 2 heteroatoms. The van der Waals surface area contributed by atoms with Crippen molar-refractivity contribution in [3.05, 3.63) is 35.4 Å². The largest absolute Gasteiger partial charge is 0.380 e. The molecule has 1 atom stereocenters. The molecule has 0 amide bonds. The highest BCUT2D eigenvalue weighted by atomic mass is 16.5. The predicted molar refractivity (Wildman–Crippen MR) is 73.1 cm³/mol. The van der Waals surface area contributed by atoms with Gasteiger partial charge in [-0.15, -0.1) is 0 Å². The number of benzene rings is 1. The number of rotatable bonds is 7. The van der Waals surface area contributed by atoms with E-state index in [1.54, 1.807) is 0 Å². The SMILES string of the molecule is CCOCC(NCc1cccc(C)c1)C(C)C. The Hall–Kier alpha value is -0.860. The molecule has 1 aromatic rings. The van der Waals surface area contributed by atoms with Crippen LogP contribution in [0.4, 0.5) is 0 Å². The molecule has 1 rings (SSSR count). The Morgan fingerprint density at radius 2 is 2.06 bits per heavy atom. The van der Waals surface area contributed by atoms with Gasteiger partial charge in [0.2, 0.25) is 0 Å². The lowest BCUT2D eigenvalue weighted by Crippen LogP contribution is -2.37. The van der Waals surface area contributed by atoms with Crippen molar-refractivity contribution in [1.82, 2.24) is 5.32 Å². The molecular formula is C15H25NO. The van der Waals surface area contributed by atoms with Gasteiger partial charge in [0.25, 0.3) is 0 Å². The molecule has 0 bridgehead atoms. The number of ether oxygens (including phenoxy) is 1. The second kappa shape index (κ2) is 7.46. The third-order valence-electron chi connectivity index (χ3n) is 2.96. The van der Waals surface area contributed by atoms with E-state index in [4.69, 9.17) is 4.74 Å². The lowest BCUT2D eigenvalue weighted by Gasteiger charge is -2.22. The van der Waals surface area contributed by atoms with Crippen LogP contribution in [0, 0.1) is 12.8 Å². The van der Waals surface area contributed by atoms with E-state index >= 15 is 0 Å². The van der Waals surface area contributed by atoms with Crippen LogP contribution in [0.1, 0.15) is 31.9 Å². The first-order valence-corrected chi connectivity index (χ1v) is 6.50. The van der Waals surface area contributed by atoms with Crippen LogP contribution in [0.2, 0.25) is 0 Å². The molecule has 0 radical (unpaired) electrons. The fraction of sp³-hybridized carbons (Fsp3) is 0.600. The summed E-state index contributed by atoms with van der Waals surface area (Å²) in [4.78, 5) is 0. The maximum absolute atomic E-state index is 5.51. The number of aryl methyl sites for hydroxylation is 1. The van der Waals surface area contributed by atoms with Crippen LogP contribution in [0.3, 0.4) is 0 Å². The fourth-order valence-corrected chi connectivity index (χ4v) is 1.80. The van der Waals surface area contributed by atoms with E-state index in [1.807, 2.05) is 6.92 Å². The standard InChI is InChI=1S/C15H25NO/c1-5-17-11-15(12(2)3)16-10-14-8-6-7-13(4)9-14/h6-9,12,15-16H,5,10-11H2,1-4H3. The summed E-state index contributed by atoms with van der Waals surface area (Å²) in [5.74, 6) is 0.589. The molecule has 0 aliphatic carbocycles. The number of hydrogen-bond donors (Lipinski definition) is 1. The van der Waals surface area contributed by atoms with E-state index in [9.17, 15) is 0 Å². The van der Waals surface area contributed by atoms with E-state index in [0.29, 0.717) is 12.0 Å². The van der Waals surface area contributed by atoms with Gasteiger partial charge in [-0.1, -0.05) is 43.7 Å². The Balaban J connectivity index is 2.45. The lowest BCUT2D eigenvalue weighted by atomic mass is 10.0. The fourth-order valence-electron chi connectivity index (χ4n) is 1.80. The third-order valence-corrected chi connectivity index (χ3v) is 2.96. The minimum atomic E-state index is 0.426. The maximum Gasteiger partial charge on any atom is 0.0622 e. The molecule has 0 saturated carbocycles. The monoisotopic (exact) mass is 235 g/mol. The zero-order chi connectivity index (χ0) is 12.7. The van der Waals surface area contributed by atoms with Crippen molar-refractivity contribution >= 4 is 0 Å². The summed E-state index contributed by atoms with van der Waals surface area (Å²) < 4.78 is 5.51. The zero-order valence-corrected chi connectivity index (χ0v) is 11.5. The molecule has 1 N–H and O–H groups in total. The summed E-state index contributed by atoms with van der Waals surface area (Å²) in [5.41, 5.74) is 2.65. The summed E-state index contributed by atoms with van der Waals surface area (Å²) in [6.07, 6.45) is 0.